The molecule has 0 spiro atoms. The molecule has 0 amide bonds. The van der Waals surface area contributed by atoms with Gasteiger partial charge in [0.05, 0.1) is 6.61 Å². The van der Waals surface area contributed by atoms with Crippen LogP contribution in [-0.4, -0.2) is 11.7 Å². The van der Waals surface area contributed by atoms with Crippen LogP contribution in [0, 0.1) is 57.1 Å². The van der Waals surface area contributed by atoms with E-state index >= 15 is 0 Å². The average Bonchev–Trinajstić information content (AvgIpc) is 3.03. The van der Waals surface area contributed by atoms with E-state index in [4.69, 9.17) is 16.3 Å². The number of rotatable bonds is 2. The van der Waals surface area contributed by atoms with Crippen molar-refractivity contribution in [2.24, 2.45) is 16.7 Å². The molecule has 0 saturated carbocycles. The molecule has 27 heavy (non-hydrogen) atoms. The summed E-state index contributed by atoms with van der Waals surface area (Å²) in [5.74, 6) is 0.217. The largest absolute Gasteiger partial charge is 0.355 e. The summed E-state index contributed by atoms with van der Waals surface area (Å²) in [6.45, 7) is 23.5. The van der Waals surface area contributed by atoms with E-state index in [-0.39, 0.29) is 57.1 Å². The van der Waals surface area contributed by atoms with Crippen molar-refractivity contribution in [3.63, 3.8) is 0 Å². The van der Waals surface area contributed by atoms with Crippen molar-refractivity contribution in [3.05, 3.63) is 44.6 Å². The molecule has 2 unspecified atom stereocenters. The predicted octanol–water partition coefficient (Wildman–Crippen LogP) is 7.34. The summed E-state index contributed by atoms with van der Waals surface area (Å²) in [4.78, 5) is 0. The van der Waals surface area contributed by atoms with Gasteiger partial charge < -0.3 is 4.74 Å². The molecule has 2 atom stereocenters. The van der Waals surface area contributed by atoms with Gasteiger partial charge in [-0.25, -0.2) is 0 Å². The van der Waals surface area contributed by atoms with E-state index in [1.165, 1.54) is 44.6 Å². The van der Waals surface area contributed by atoms with E-state index in [9.17, 15) is 0 Å². The summed E-state index contributed by atoms with van der Waals surface area (Å²) < 4.78 is 6.39. The molecular formula is C24H35ClOSm. The third-order valence-corrected chi connectivity index (χ3v) is 8.62. The van der Waals surface area contributed by atoms with Crippen molar-refractivity contribution in [3.8, 4) is 0 Å². The van der Waals surface area contributed by atoms with Crippen molar-refractivity contribution in [2.45, 2.75) is 80.7 Å². The molecule has 0 bridgehead atoms. The number of hydrogen-bond donors (Lipinski definition) is 0. The van der Waals surface area contributed by atoms with Crippen LogP contribution in [0.3, 0.4) is 0 Å². The van der Waals surface area contributed by atoms with Crippen LogP contribution in [0.15, 0.2) is 44.6 Å². The summed E-state index contributed by atoms with van der Waals surface area (Å²) in [6.07, 6.45) is 0.991. The second-order valence-corrected chi connectivity index (χ2v) is 10.2. The Morgan fingerprint density at radius 2 is 1.26 bits per heavy atom. The fourth-order valence-electron chi connectivity index (χ4n) is 5.78. The smallest absolute Gasteiger partial charge is 0.171 e. The van der Waals surface area contributed by atoms with Gasteiger partial charge in [0.15, 0.2) is 5.06 Å². The van der Waals surface area contributed by atoms with Gasteiger partial charge in [-0.3, -0.25) is 0 Å². The van der Waals surface area contributed by atoms with E-state index in [0.717, 1.165) is 13.0 Å². The molecule has 0 aromatic carbocycles. The monoisotopic (exact) mass is 526 g/mol. The van der Waals surface area contributed by atoms with Gasteiger partial charge in [-0.1, -0.05) is 50.4 Å². The van der Waals surface area contributed by atoms with Gasteiger partial charge in [0.2, 0.25) is 0 Å². The van der Waals surface area contributed by atoms with Crippen molar-refractivity contribution in [1.29, 1.82) is 0 Å². The average molecular weight is 525 g/mol. The zero-order valence-corrected chi connectivity index (χ0v) is 22.1. The van der Waals surface area contributed by atoms with Crippen molar-refractivity contribution in [1.82, 2.24) is 0 Å². The molecule has 3 rings (SSSR count). The molecule has 0 aromatic rings. The van der Waals surface area contributed by atoms with Gasteiger partial charge in [-0.15, -0.1) is 0 Å². The molecule has 0 radical (unpaired) electrons. The van der Waals surface area contributed by atoms with Gasteiger partial charge in [0.1, 0.15) is 0 Å². The first-order valence-corrected chi connectivity index (χ1v) is 10.3. The van der Waals surface area contributed by atoms with Gasteiger partial charge >= 0.3 is 0 Å². The predicted molar refractivity (Wildman–Crippen MR) is 112 cm³/mol. The molecule has 0 N–H and O–H groups in total. The summed E-state index contributed by atoms with van der Waals surface area (Å²) in [5, 5.41) is -0.745. The second kappa shape index (κ2) is 7.35. The zero-order valence-electron chi connectivity index (χ0n) is 18.7. The zero-order chi connectivity index (χ0) is 19.8. The van der Waals surface area contributed by atoms with Crippen LogP contribution in [-0.2, 0) is 4.74 Å². The van der Waals surface area contributed by atoms with E-state index in [1.807, 2.05) is 0 Å². The molecule has 2 aliphatic carbocycles. The maximum absolute atomic E-state index is 7.46. The number of hydrogen-bond acceptors (Lipinski definition) is 1. The maximum atomic E-state index is 7.46. The van der Waals surface area contributed by atoms with Crippen LogP contribution in [0.2, 0.25) is 0 Å². The minimum atomic E-state index is -0.745. The minimum Gasteiger partial charge on any atom is -0.355 e. The molecular weight excluding hydrogens is 490 g/mol. The van der Waals surface area contributed by atoms with E-state index in [0.29, 0.717) is 0 Å². The minimum absolute atomic E-state index is 0. The Morgan fingerprint density at radius 1 is 0.778 bits per heavy atom. The molecule has 0 aromatic heterocycles. The standard InChI is InChI=1S/C24H35ClO.Sm/c1-13-15(3)20(22(7,8)17(13)5)19-11-12-26-24(19,25)21-16(4)14(2)18(6)23(21,9)10;/h19H,11-12H2,1-10H3;. The van der Waals surface area contributed by atoms with E-state index in [2.05, 4.69) is 69.2 Å². The Kier molecular flexibility index (Phi) is 6.49. The second-order valence-electron chi connectivity index (χ2n) is 9.62. The molecule has 1 nitrogen and oxygen atoms in total. The van der Waals surface area contributed by atoms with Crippen molar-refractivity contribution < 1.29 is 45.1 Å². The summed E-state index contributed by atoms with van der Waals surface area (Å²) in [5.41, 5.74) is 11.2. The van der Waals surface area contributed by atoms with Crippen molar-refractivity contribution in [2.75, 3.05) is 6.61 Å². The van der Waals surface area contributed by atoms with Crippen LogP contribution in [0.25, 0.3) is 0 Å². The van der Waals surface area contributed by atoms with Crippen LogP contribution in [0.5, 0.6) is 0 Å². The van der Waals surface area contributed by atoms with Crippen LogP contribution >= 0.6 is 11.6 Å². The molecule has 150 valence electrons. The summed E-state index contributed by atoms with van der Waals surface area (Å²) >= 11 is 7.46. The first-order valence-electron chi connectivity index (χ1n) is 9.92. The topological polar surface area (TPSA) is 9.23 Å². The Morgan fingerprint density at radius 3 is 1.67 bits per heavy atom. The molecule has 3 heteroatoms. The van der Waals surface area contributed by atoms with E-state index < -0.39 is 5.06 Å². The van der Waals surface area contributed by atoms with Crippen LogP contribution in [0.1, 0.15) is 75.7 Å². The van der Waals surface area contributed by atoms with Gasteiger partial charge in [-0.05, 0) is 81.4 Å². The number of allylic oxidation sites excluding steroid dienone is 6. The quantitative estimate of drug-likeness (QED) is 0.343. The maximum Gasteiger partial charge on any atom is 0.171 e. The van der Waals surface area contributed by atoms with Gasteiger partial charge in [-0.2, -0.15) is 0 Å². The van der Waals surface area contributed by atoms with Crippen molar-refractivity contribution >= 4 is 11.6 Å². The number of halogens is 1. The Balaban J connectivity index is 0.00000261. The molecule has 1 saturated heterocycles. The first-order chi connectivity index (χ1) is 11.8. The molecule has 1 fully saturated rings. The fourth-order valence-corrected chi connectivity index (χ4v) is 6.46. The first kappa shape index (κ1) is 23.8. The van der Waals surface area contributed by atoms with Crippen LogP contribution < -0.4 is 0 Å². The van der Waals surface area contributed by atoms with Gasteiger partial charge in [0, 0.05) is 57.1 Å². The Hall–Kier alpha value is 0.548. The Labute approximate surface area is 203 Å². The summed E-state index contributed by atoms with van der Waals surface area (Å²) in [6, 6.07) is 0. The molecule has 1 aliphatic heterocycles. The fraction of sp³-hybridized carbons (Fsp3) is 0.667. The number of alkyl halides is 1. The normalized spacial score (nSPS) is 32.8. The third-order valence-electron chi connectivity index (χ3n) is 8.06. The molecule has 1 heterocycles. The number of ether oxygens (including phenoxy) is 1. The van der Waals surface area contributed by atoms with E-state index in [1.54, 1.807) is 0 Å². The van der Waals surface area contributed by atoms with Gasteiger partial charge in [0.25, 0.3) is 0 Å². The third kappa shape index (κ3) is 3.13. The Bertz CT molecular complexity index is 806. The SMILES string of the molecule is CC1=C(C)C(C)(C)C(C2CCOC2(Cl)C2=C(C)C(C)=C(C)C2(C)C)=C1C.[Sm]. The summed E-state index contributed by atoms with van der Waals surface area (Å²) in [7, 11) is 0. The van der Waals surface area contributed by atoms with Crippen LogP contribution in [0.4, 0.5) is 0 Å². The molecule has 3 aliphatic rings.